The molecule has 3 aromatic rings. The molecule has 0 saturated carbocycles. The van der Waals surface area contributed by atoms with E-state index < -0.39 is 10.0 Å². The molecule has 24 heavy (non-hydrogen) atoms. The van der Waals surface area contributed by atoms with Gasteiger partial charge in [0.05, 0.1) is 22.3 Å². The van der Waals surface area contributed by atoms with Crippen molar-refractivity contribution in [2.24, 2.45) is 7.05 Å². The Morgan fingerprint density at radius 2 is 2.00 bits per heavy atom. The largest absolute Gasteiger partial charge is 0.334 e. The van der Waals surface area contributed by atoms with E-state index in [0.717, 1.165) is 16.6 Å². The van der Waals surface area contributed by atoms with E-state index in [0.29, 0.717) is 5.56 Å². The number of nitrogens with zero attached hydrogens (tertiary/aromatic N) is 2. The second-order valence-electron chi connectivity index (χ2n) is 5.59. The molecule has 0 aliphatic carbocycles. The lowest BCUT2D eigenvalue weighted by atomic mass is 10.2. The summed E-state index contributed by atoms with van der Waals surface area (Å²) in [5.74, 6) is -0.173. The minimum atomic E-state index is -3.69. The first-order valence-corrected chi connectivity index (χ1v) is 8.86. The van der Waals surface area contributed by atoms with Crippen LogP contribution in [0.1, 0.15) is 22.8 Å². The van der Waals surface area contributed by atoms with E-state index >= 15 is 0 Å². The van der Waals surface area contributed by atoms with E-state index in [4.69, 9.17) is 0 Å². The zero-order valence-electron chi connectivity index (χ0n) is 13.4. The third-order valence-electron chi connectivity index (χ3n) is 3.81. The summed E-state index contributed by atoms with van der Waals surface area (Å²) < 4.78 is 29.3. The third kappa shape index (κ3) is 3.22. The molecule has 0 aliphatic heterocycles. The molecular weight excluding hydrogens is 326 g/mol. The van der Waals surface area contributed by atoms with Crippen molar-refractivity contribution in [3.63, 3.8) is 0 Å². The van der Waals surface area contributed by atoms with Gasteiger partial charge in [0.2, 0.25) is 10.0 Å². The Bertz CT molecular complexity index is 1020. The molecule has 0 amide bonds. The predicted molar refractivity (Wildman–Crippen MR) is 91.2 cm³/mol. The lowest BCUT2D eigenvalue weighted by Crippen LogP contribution is -2.23. The van der Waals surface area contributed by atoms with Gasteiger partial charge in [-0.05, 0) is 36.8 Å². The number of benzene rings is 2. The van der Waals surface area contributed by atoms with Gasteiger partial charge < -0.3 is 4.57 Å². The third-order valence-corrected chi connectivity index (χ3v) is 5.21. The number of hydrogen-bond donors (Lipinski definition) is 1. The zero-order chi connectivity index (χ0) is 17.3. The molecule has 3 rings (SSSR count). The van der Waals surface area contributed by atoms with Gasteiger partial charge in [0.15, 0.2) is 5.78 Å². The number of hydrogen-bond acceptors (Lipinski definition) is 4. The predicted octanol–water partition coefficient (Wildman–Crippen LogP) is 2.25. The van der Waals surface area contributed by atoms with Crippen molar-refractivity contribution >= 4 is 26.8 Å². The molecule has 0 atom stereocenters. The van der Waals surface area contributed by atoms with Crippen LogP contribution in [0.25, 0.3) is 11.0 Å². The summed E-state index contributed by atoms with van der Waals surface area (Å²) >= 11 is 0. The molecule has 2 aromatic carbocycles. The maximum absolute atomic E-state index is 12.4. The minimum absolute atomic E-state index is 0.0779. The van der Waals surface area contributed by atoms with E-state index in [1.807, 2.05) is 29.8 Å². The van der Waals surface area contributed by atoms with Crippen LogP contribution in [0.2, 0.25) is 0 Å². The van der Waals surface area contributed by atoms with E-state index in [1.165, 1.54) is 19.1 Å². The molecular formula is C17H17N3O3S. The van der Waals surface area contributed by atoms with Crippen LogP contribution in [0.4, 0.5) is 0 Å². The molecule has 1 heterocycles. The van der Waals surface area contributed by atoms with Gasteiger partial charge in [0.1, 0.15) is 0 Å². The van der Waals surface area contributed by atoms with Crippen LogP contribution in [-0.2, 0) is 23.6 Å². The first-order valence-electron chi connectivity index (χ1n) is 7.37. The molecule has 6 nitrogen and oxygen atoms in total. The van der Waals surface area contributed by atoms with Crippen molar-refractivity contribution in [2.75, 3.05) is 0 Å². The van der Waals surface area contributed by atoms with Crippen molar-refractivity contribution in [1.29, 1.82) is 0 Å². The van der Waals surface area contributed by atoms with Crippen LogP contribution >= 0.6 is 0 Å². The van der Waals surface area contributed by atoms with Crippen molar-refractivity contribution < 1.29 is 13.2 Å². The molecule has 124 valence electrons. The SMILES string of the molecule is CC(=O)c1cccc(S(=O)(=O)NCc2ccc3c(c2)ncn3C)c1. The second-order valence-corrected chi connectivity index (χ2v) is 7.35. The van der Waals surface area contributed by atoms with Crippen molar-refractivity contribution in [2.45, 2.75) is 18.4 Å². The number of fused-ring (bicyclic) bond motifs is 1. The number of rotatable bonds is 5. The van der Waals surface area contributed by atoms with Gasteiger partial charge in [-0.15, -0.1) is 0 Å². The van der Waals surface area contributed by atoms with Gasteiger partial charge in [-0.25, -0.2) is 18.1 Å². The normalized spacial score (nSPS) is 11.8. The molecule has 0 bridgehead atoms. The minimum Gasteiger partial charge on any atom is -0.334 e. The second kappa shape index (κ2) is 6.18. The van der Waals surface area contributed by atoms with Crippen molar-refractivity contribution in [3.8, 4) is 0 Å². The molecule has 1 N–H and O–H groups in total. The lowest BCUT2D eigenvalue weighted by Gasteiger charge is -2.08. The van der Waals surface area contributed by atoms with Crippen molar-refractivity contribution in [3.05, 3.63) is 59.9 Å². The van der Waals surface area contributed by atoms with Crippen LogP contribution in [0.5, 0.6) is 0 Å². The van der Waals surface area contributed by atoms with Gasteiger partial charge in [-0.1, -0.05) is 18.2 Å². The van der Waals surface area contributed by atoms with E-state index in [-0.39, 0.29) is 17.2 Å². The fourth-order valence-corrected chi connectivity index (χ4v) is 3.50. The number of imidazole rings is 1. The summed E-state index contributed by atoms with van der Waals surface area (Å²) in [5, 5.41) is 0. The van der Waals surface area contributed by atoms with E-state index in [9.17, 15) is 13.2 Å². The van der Waals surface area contributed by atoms with Gasteiger partial charge in [-0.3, -0.25) is 4.79 Å². The number of ketones is 1. The number of carbonyl (C=O) groups is 1. The summed E-state index contributed by atoms with van der Waals surface area (Å²) in [6.07, 6.45) is 1.71. The lowest BCUT2D eigenvalue weighted by molar-refractivity contribution is 0.101. The number of carbonyl (C=O) groups excluding carboxylic acids is 1. The number of aryl methyl sites for hydroxylation is 1. The highest BCUT2D eigenvalue weighted by Gasteiger charge is 2.15. The maximum Gasteiger partial charge on any atom is 0.240 e. The van der Waals surface area contributed by atoms with Crippen LogP contribution in [0.3, 0.4) is 0 Å². The molecule has 0 radical (unpaired) electrons. The molecule has 0 spiro atoms. The standard InChI is InChI=1S/C17H17N3O3S/c1-12(21)14-4-3-5-15(9-14)24(22,23)19-10-13-6-7-17-16(8-13)18-11-20(17)2/h3-9,11,19H,10H2,1-2H3. The highest BCUT2D eigenvalue weighted by molar-refractivity contribution is 7.89. The quantitative estimate of drug-likeness (QED) is 0.721. The van der Waals surface area contributed by atoms with Crippen LogP contribution in [-0.4, -0.2) is 23.8 Å². The van der Waals surface area contributed by atoms with Crippen LogP contribution in [0, 0.1) is 0 Å². The Balaban J connectivity index is 1.81. The smallest absolute Gasteiger partial charge is 0.240 e. The summed E-state index contributed by atoms with van der Waals surface area (Å²) in [6.45, 7) is 1.56. The molecule has 0 fully saturated rings. The van der Waals surface area contributed by atoms with Gasteiger partial charge >= 0.3 is 0 Å². The number of nitrogens with one attached hydrogen (secondary N) is 1. The highest BCUT2D eigenvalue weighted by Crippen LogP contribution is 2.16. The summed E-state index contributed by atoms with van der Waals surface area (Å²) in [5.41, 5.74) is 2.98. The molecule has 0 unspecified atom stereocenters. The van der Waals surface area contributed by atoms with Crippen LogP contribution in [0.15, 0.2) is 53.7 Å². The average Bonchev–Trinajstić information content (AvgIpc) is 2.94. The Morgan fingerprint density at radius 3 is 2.75 bits per heavy atom. The summed E-state index contributed by atoms with van der Waals surface area (Å²) in [4.78, 5) is 15.7. The van der Waals surface area contributed by atoms with Gasteiger partial charge in [0, 0.05) is 19.2 Å². The fraction of sp³-hybridized carbons (Fsp3) is 0.176. The average molecular weight is 343 g/mol. The molecule has 7 heteroatoms. The van der Waals surface area contributed by atoms with Gasteiger partial charge in [-0.2, -0.15) is 0 Å². The Kier molecular flexibility index (Phi) is 4.21. The fourth-order valence-electron chi connectivity index (χ4n) is 2.44. The van der Waals surface area contributed by atoms with Crippen molar-refractivity contribution in [1.82, 2.24) is 14.3 Å². The highest BCUT2D eigenvalue weighted by atomic mass is 32.2. The summed E-state index contributed by atoms with van der Waals surface area (Å²) in [7, 11) is -1.79. The molecule has 0 aliphatic rings. The zero-order valence-corrected chi connectivity index (χ0v) is 14.2. The first-order chi connectivity index (χ1) is 11.4. The molecule has 1 aromatic heterocycles. The maximum atomic E-state index is 12.4. The number of aromatic nitrogens is 2. The van der Waals surface area contributed by atoms with E-state index in [2.05, 4.69) is 9.71 Å². The monoisotopic (exact) mass is 343 g/mol. The summed E-state index contributed by atoms with van der Waals surface area (Å²) in [6, 6.07) is 11.6. The number of Topliss-reactive ketones (excluding diaryl/α,β-unsaturated/α-hetero) is 1. The van der Waals surface area contributed by atoms with Crippen LogP contribution < -0.4 is 4.72 Å². The Labute approximate surface area is 140 Å². The number of sulfonamides is 1. The van der Waals surface area contributed by atoms with E-state index in [1.54, 1.807) is 18.5 Å². The molecule has 0 saturated heterocycles. The van der Waals surface area contributed by atoms with Gasteiger partial charge in [0.25, 0.3) is 0 Å². The Hall–Kier alpha value is -2.51. The Morgan fingerprint density at radius 1 is 1.21 bits per heavy atom. The first kappa shape index (κ1) is 16.4. The topological polar surface area (TPSA) is 81.1 Å².